The van der Waals surface area contributed by atoms with Gasteiger partial charge in [-0.2, -0.15) is 0 Å². The Morgan fingerprint density at radius 1 is 1.53 bits per heavy atom. The first-order valence-corrected chi connectivity index (χ1v) is 6.08. The van der Waals surface area contributed by atoms with Crippen LogP contribution in [-0.2, 0) is 6.54 Å². The first-order chi connectivity index (χ1) is 8.15. The predicted molar refractivity (Wildman–Crippen MR) is 68.9 cm³/mol. The molecule has 88 valence electrons. The summed E-state index contributed by atoms with van der Waals surface area (Å²) in [6.07, 6.45) is 0. The summed E-state index contributed by atoms with van der Waals surface area (Å²) in [6, 6.07) is 7.44. The molecule has 0 bridgehead atoms. The van der Waals surface area contributed by atoms with Gasteiger partial charge in [-0.25, -0.2) is 4.98 Å². The lowest BCUT2D eigenvalue weighted by molar-refractivity contribution is 0.0946. The zero-order valence-electron chi connectivity index (χ0n) is 9.43. The highest BCUT2D eigenvalue weighted by Gasteiger charge is 2.08. The fourth-order valence-electron chi connectivity index (χ4n) is 1.44. The number of thiazole rings is 1. The van der Waals surface area contributed by atoms with Crippen LogP contribution in [0.3, 0.4) is 0 Å². The molecule has 0 spiro atoms. The number of nitrogens with zero attached hydrogens (tertiary/aromatic N) is 1. The molecule has 5 heteroatoms. The van der Waals surface area contributed by atoms with E-state index in [4.69, 9.17) is 5.73 Å². The molecule has 4 nitrogen and oxygen atoms in total. The van der Waals surface area contributed by atoms with Gasteiger partial charge in [0.15, 0.2) is 0 Å². The first-order valence-electron chi connectivity index (χ1n) is 5.20. The van der Waals surface area contributed by atoms with Crippen LogP contribution in [0, 0.1) is 6.92 Å². The van der Waals surface area contributed by atoms with Gasteiger partial charge in [0.25, 0.3) is 5.91 Å². The summed E-state index contributed by atoms with van der Waals surface area (Å²) < 4.78 is 0. The number of rotatable bonds is 3. The molecule has 1 aromatic heterocycles. The number of benzene rings is 1. The lowest BCUT2D eigenvalue weighted by Gasteiger charge is -2.04. The van der Waals surface area contributed by atoms with Crippen LogP contribution in [0.15, 0.2) is 29.6 Å². The van der Waals surface area contributed by atoms with Gasteiger partial charge in [-0.05, 0) is 24.6 Å². The third kappa shape index (κ3) is 3.04. The minimum absolute atomic E-state index is 0.156. The van der Waals surface area contributed by atoms with Crippen molar-refractivity contribution in [3.63, 3.8) is 0 Å². The van der Waals surface area contributed by atoms with E-state index in [-0.39, 0.29) is 5.91 Å². The number of amides is 1. The largest absolute Gasteiger partial charge is 0.399 e. The van der Waals surface area contributed by atoms with E-state index < -0.39 is 0 Å². The fraction of sp³-hybridized carbons (Fsp3) is 0.167. The van der Waals surface area contributed by atoms with Crippen molar-refractivity contribution in [2.24, 2.45) is 0 Å². The van der Waals surface area contributed by atoms with Crippen LogP contribution >= 0.6 is 11.3 Å². The SMILES string of the molecule is Cc1nc(C(=O)NCc2cccc(N)c2)cs1. The van der Waals surface area contributed by atoms with Gasteiger partial charge in [-0.15, -0.1) is 11.3 Å². The van der Waals surface area contributed by atoms with Crippen molar-refractivity contribution >= 4 is 22.9 Å². The molecule has 0 saturated carbocycles. The molecule has 3 N–H and O–H groups in total. The maximum Gasteiger partial charge on any atom is 0.271 e. The topological polar surface area (TPSA) is 68.0 Å². The Morgan fingerprint density at radius 3 is 3.00 bits per heavy atom. The van der Waals surface area contributed by atoms with Crippen LogP contribution < -0.4 is 11.1 Å². The summed E-state index contributed by atoms with van der Waals surface area (Å²) in [4.78, 5) is 15.8. The molecule has 1 heterocycles. The zero-order chi connectivity index (χ0) is 12.3. The molecule has 2 rings (SSSR count). The normalized spacial score (nSPS) is 10.2. The molecule has 0 unspecified atom stereocenters. The molecule has 1 aromatic carbocycles. The Balaban J connectivity index is 1.97. The second-order valence-electron chi connectivity index (χ2n) is 3.68. The summed E-state index contributed by atoms with van der Waals surface area (Å²) in [5.74, 6) is -0.156. The van der Waals surface area contributed by atoms with Crippen LogP contribution in [-0.4, -0.2) is 10.9 Å². The third-order valence-corrected chi connectivity index (χ3v) is 3.03. The van der Waals surface area contributed by atoms with Crippen molar-refractivity contribution < 1.29 is 4.79 Å². The smallest absolute Gasteiger partial charge is 0.271 e. The monoisotopic (exact) mass is 247 g/mol. The van der Waals surface area contributed by atoms with Crippen LogP contribution in [0.1, 0.15) is 21.1 Å². The summed E-state index contributed by atoms with van der Waals surface area (Å²) >= 11 is 1.46. The summed E-state index contributed by atoms with van der Waals surface area (Å²) in [5, 5.41) is 5.45. The van der Waals surface area contributed by atoms with Crippen LogP contribution in [0.25, 0.3) is 0 Å². The third-order valence-electron chi connectivity index (χ3n) is 2.26. The maximum atomic E-state index is 11.7. The molecule has 0 aliphatic carbocycles. The zero-order valence-corrected chi connectivity index (χ0v) is 10.3. The number of anilines is 1. The Kier molecular flexibility index (Phi) is 3.39. The van der Waals surface area contributed by atoms with Gasteiger partial charge >= 0.3 is 0 Å². The fourth-order valence-corrected chi connectivity index (χ4v) is 2.04. The number of nitrogens with two attached hydrogens (primary N) is 1. The van der Waals surface area contributed by atoms with E-state index in [2.05, 4.69) is 10.3 Å². The van der Waals surface area contributed by atoms with E-state index in [9.17, 15) is 4.79 Å². The number of nitrogen functional groups attached to an aromatic ring is 1. The van der Waals surface area contributed by atoms with Gasteiger partial charge in [-0.3, -0.25) is 4.79 Å². The standard InChI is InChI=1S/C12H13N3OS/c1-8-15-11(7-17-8)12(16)14-6-9-3-2-4-10(13)5-9/h2-5,7H,6,13H2,1H3,(H,14,16). The molecule has 0 atom stereocenters. The average molecular weight is 247 g/mol. The van der Waals surface area contributed by atoms with Crippen molar-refractivity contribution in [2.45, 2.75) is 13.5 Å². The summed E-state index contributed by atoms with van der Waals surface area (Å²) in [6.45, 7) is 2.33. The second-order valence-corrected chi connectivity index (χ2v) is 4.74. The number of aromatic nitrogens is 1. The first kappa shape index (κ1) is 11.6. The quantitative estimate of drug-likeness (QED) is 0.815. The number of nitrogens with one attached hydrogen (secondary N) is 1. The molecule has 0 saturated heterocycles. The van der Waals surface area contributed by atoms with Crippen molar-refractivity contribution in [1.29, 1.82) is 0 Å². The number of hydrogen-bond donors (Lipinski definition) is 2. The Hall–Kier alpha value is -1.88. The van der Waals surface area contributed by atoms with Crippen molar-refractivity contribution in [3.05, 3.63) is 45.9 Å². The van der Waals surface area contributed by atoms with E-state index in [1.54, 1.807) is 5.38 Å². The van der Waals surface area contributed by atoms with Crippen LogP contribution in [0.2, 0.25) is 0 Å². The average Bonchev–Trinajstić information content (AvgIpc) is 2.73. The molecule has 0 aliphatic rings. The lowest BCUT2D eigenvalue weighted by atomic mass is 10.2. The maximum absolute atomic E-state index is 11.7. The highest BCUT2D eigenvalue weighted by atomic mass is 32.1. The highest BCUT2D eigenvalue weighted by molar-refractivity contribution is 7.09. The Bertz CT molecular complexity index is 536. The second kappa shape index (κ2) is 4.97. The lowest BCUT2D eigenvalue weighted by Crippen LogP contribution is -2.23. The van der Waals surface area contributed by atoms with Gasteiger partial charge in [0, 0.05) is 17.6 Å². The number of carbonyl (C=O) groups is 1. The highest BCUT2D eigenvalue weighted by Crippen LogP contribution is 2.09. The molecule has 1 amide bonds. The summed E-state index contributed by atoms with van der Waals surface area (Å²) in [5.41, 5.74) is 7.80. The van der Waals surface area contributed by atoms with E-state index in [1.165, 1.54) is 11.3 Å². The van der Waals surface area contributed by atoms with E-state index in [0.29, 0.717) is 17.9 Å². The summed E-state index contributed by atoms with van der Waals surface area (Å²) in [7, 11) is 0. The van der Waals surface area contributed by atoms with Crippen molar-refractivity contribution in [2.75, 3.05) is 5.73 Å². The van der Waals surface area contributed by atoms with Crippen LogP contribution in [0.4, 0.5) is 5.69 Å². The number of aryl methyl sites for hydroxylation is 1. The van der Waals surface area contributed by atoms with E-state index >= 15 is 0 Å². The minimum Gasteiger partial charge on any atom is -0.399 e. The van der Waals surface area contributed by atoms with Gasteiger partial charge in [0.1, 0.15) is 5.69 Å². The van der Waals surface area contributed by atoms with Crippen LogP contribution in [0.5, 0.6) is 0 Å². The van der Waals surface area contributed by atoms with E-state index in [0.717, 1.165) is 10.6 Å². The minimum atomic E-state index is -0.156. The molecule has 0 radical (unpaired) electrons. The molecular formula is C12H13N3OS. The van der Waals surface area contributed by atoms with Crippen molar-refractivity contribution in [1.82, 2.24) is 10.3 Å². The molecule has 2 aromatic rings. The molecule has 17 heavy (non-hydrogen) atoms. The van der Waals surface area contributed by atoms with Crippen molar-refractivity contribution in [3.8, 4) is 0 Å². The number of hydrogen-bond acceptors (Lipinski definition) is 4. The molecule has 0 aliphatic heterocycles. The van der Waals surface area contributed by atoms with Gasteiger partial charge < -0.3 is 11.1 Å². The van der Waals surface area contributed by atoms with Gasteiger partial charge in [0.2, 0.25) is 0 Å². The van der Waals surface area contributed by atoms with Gasteiger partial charge in [0.05, 0.1) is 5.01 Å². The molecule has 0 fully saturated rings. The predicted octanol–water partition coefficient (Wildman–Crippen LogP) is 1.96. The molecular weight excluding hydrogens is 234 g/mol. The Morgan fingerprint density at radius 2 is 2.35 bits per heavy atom. The van der Waals surface area contributed by atoms with E-state index in [1.807, 2.05) is 31.2 Å². The number of carbonyl (C=O) groups excluding carboxylic acids is 1. The Labute approximate surface area is 103 Å². The van der Waals surface area contributed by atoms with Gasteiger partial charge in [-0.1, -0.05) is 12.1 Å².